The molecule has 1 saturated carbocycles. The molecule has 0 bridgehead atoms. The molecule has 1 aromatic heterocycles. The van der Waals surface area contributed by atoms with Crippen molar-refractivity contribution in [3.8, 4) is 0 Å². The number of aromatic amines is 1. The first-order chi connectivity index (χ1) is 9.31. The Morgan fingerprint density at radius 3 is 3.00 bits per heavy atom. The number of imidazole rings is 1. The Morgan fingerprint density at radius 1 is 1.32 bits per heavy atom. The molecule has 0 spiro atoms. The standard InChI is InChI=1S/C15H20ClN3/c16-11-7-8-13-14(10-11)19-15(18-13)6-3-9-17-12-4-1-2-5-12/h7-8,10,12,17H,1-6,9H2,(H,18,19). The first kappa shape index (κ1) is 12.9. The highest BCUT2D eigenvalue weighted by Crippen LogP contribution is 2.18. The Bertz CT molecular complexity index is 543. The predicted octanol–water partition coefficient (Wildman–Crippen LogP) is 3.68. The van der Waals surface area contributed by atoms with Crippen LogP contribution in [0.3, 0.4) is 0 Å². The summed E-state index contributed by atoms with van der Waals surface area (Å²) in [6, 6.07) is 6.55. The van der Waals surface area contributed by atoms with Gasteiger partial charge in [-0.2, -0.15) is 0 Å². The fraction of sp³-hybridized carbons (Fsp3) is 0.533. The number of nitrogens with one attached hydrogen (secondary N) is 2. The van der Waals surface area contributed by atoms with Gasteiger partial charge in [-0.3, -0.25) is 0 Å². The van der Waals surface area contributed by atoms with Crippen molar-refractivity contribution in [1.82, 2.24) is 15.3 Å². The van der Waals surface area contributed by atoms with Crippen LogP contribution in [0.25, 0.3) is 11.0 Å². The first-order valence-electron chi connectivity index (χ1n) is 7.19. The second kappa shape index (κ2) is 5.93. The van der Waals surface area contributed by atoms with E-state index in [-0.39, 0.29) is 0 Å². The third-order valence-electron chi connectivity index (χ3n) is 3.87. The van der Waals surface area contributed by atoms with Crippen molar-refractivity contribution in [1.29, 1.82) is 0 Å². The lowest BCUT2D eigenvalue weighted by atomic mass is 10.2. The number of fused-ring (bicyclic) bond motifs is 1. The fourth-order valence-electron chi connectivity index (χ4n) is 2.85. The summed E-state index contributed by atoms with van der Waals surface area (Å²) in [7, 11) is 0. The van der Waals surface area contributed by atoms with Gasteiger partial charge < -0.3 is 10.3 Å². The van der Waals surface area contributed by atoms with Gasteiger partial charge in [-0.15, -0.1) is 0 Å². The van der Waals surface area contributed by atoms with Gasteiger partial charge in [0.15, 0.2) is 0 Å². The second-order valence-corrected chi connectivity index (χ2v) is 5.82. The zero-order valence-electron chi connectivity index (χ0n) is 11.1. The van der Waals surface area contributed by atoms with E-state index in [1.807, 2.05) is 18.2 Å². The molecule has 3 nitrogen and oxygen atoms in total. The van der Waals surface area contributed by atoms with Crippen molar-refractivity contribution < 1.29 is 0 Å². The lowest BCUT2D eigenvalue weighted by Gasteiger charge is -2.10. The average molecular weight is 278 g/mol. The van der Waals surface area contributed by atoms with Crippen LogP contribution in [0.1, 0.15) is 37.9 Å². The van der Waals surface area contributed by atoms with Crippen LogP contribution < -0.4 is 5.32 Å². The van der Waals surface area contributed by atoms with E-state index < -0.39 is 0 Å². The van der Waals surface area contributed by atoms with Gasteiger partial charge >= 0.3 is 0 Å². The summed E-state index contributed by atoms with van der Waals surface area (Å²) in [6.45, 7) is 1.09. The summed E-state index contributed by atoms with van der Waals surface area (Å²) in [4.78, 5) is 7.92. The van der Waals surface area contributed by atoms with Gasteiger partial charge in [0.05, 0.1) is 11.0 Å². The van der Waals surface area contributed by atoms with Gasteiger partial charge in [0.25, 0.3) is 0 Å². The zero-order valence-corrected chi connectivity index (χ0v) is 11.8. The van der Waals surface area contributed by atoms with Crippen LogP contribution >= 0.6 is 11.6 Å². The van der Waals surface area contributed by atoms with Crippen molar-refractivity contribution in [3.63, 3.8) is 0 Å². The van der Waals surface area contributed by atoms with Crippen LogP contribution in [-0.2, 0) is 6.42 Å². The number of H-pyrrole nitrogens is 1. The van der Waals surface area contributed by atoms with E-state index in [4.69, 9.17) is 11.6 Å². The highest BCUT2D eigenvalue weighted by atomic mass is 35.5. The molecule has 0 atom stereocenters. The average Bonchev–Trinajstić information content (AvgIpc) is 3.02. The molecule has 0 aliphatic heterocycles. The molecule has 0 radical (unpaired) electrons. The topological polar surface area (TPSA) is 40.7 Å². The molecule has 1 fully saturated rings. The smallest absolute Gasteiger partial charge is 0.107 e. The number of hydrogen-bond acceptors (Lipinski definition) is 2. The van der Waals surface area contributed by atoms with Gasteiger partial charge in [-0.25, -0.2) is 4.98 Å². The Morgan fingerprint density at radius 2 is 2.16 bits per heavy atom. The van der Waals surface area contributed by atoms with Gasteiger partial charge in [0.2, 0.25) is 0 Å². The molecular weight excluding hydrogens is 258 g/mol. The van der Waals surface area contributed by atoms with Crippen molar-refractivity contribution in [2.24, 2.45) is 0 Å². The fourth-order valence-corrected chi connectivity index (χ4v) is 3.02. The molecule has 1 aliphatic carbocycles. The van der Waals surface area contributed by atoms with Crippen LogP contribution in [0, 0.1) is 0 Å². The molecule has 1 heterocycles. The first-order valence-corrected chi connectivity index (χ1v) is 7.56. The summed E-state index contributed by atoms with van der Waals surface area (Å²) in [5.74, 6) is 1.06. The SMILES string of the molecule is Clc1ccc2nc(CCCNC3CCCC3)[nH]c2c1. The Balaban J connectivity index is 1.50. The lowest BCUT2D eigenvalue weighted by molar-refractivity contribution is 0.513. The number of halogens is 1. The summed E-state index contributed by atoms with van der Waals surface area (Å²) in [5.41, 5.74) is 2.04. The molecule has 3 rings (SSSR count). The molecular formula is C15H20ClN3. The zero-order chi connectivity index (χ0) is 13.1. The third kappa shape index (κ3) is 3.28. The Kier molecular flexibility index (Phi) is 4.04. The van der Waals surface area contributed by atoms with Crippen molar-refractivity contribution in [3.05, 3.63) is 29.0 Å². The monoisotopic (exact) mass is 277 g/mol. The number of aryl methyl sites for hydroxylation is 1. The highest BCUT2D eigenvalue weighted by Gasteiger charge is 2.13. The Labute approximate surface area is 118 Å². The number of nitrogens with zero attached hydrogens (tertiary/aromatic N) is 1. The third-order valence-corrected chi connectivity index (χ3v) is 4.11. The molecule has 19 heavy (non-hydrogen) atoms. The summed E-state index contributed by atoms with van der Waals surface area (Å²) >= 11 is 5.97. The number of aromatic nitrogens is 2. The van der Waals surface area contributed by atoms with E-state index in [9.17, 15) is 0 Å². The van der Waals surface area contributed by atoms with Gasteiger partial charge in [-0.05, 0) is 44.0 Å². The van der Waals surface area contributed by atoms with Crippen molar-refractivity contribution in [2.45, 2.75) is 44.6 Å². The minimum Gasteiger partial charge on any atom is -0.342 e. The summed E-state index contributed by atoms with van der Waals surface area (Å²) in [6.07, 6.45) is 7.60. The number of benzene rings is 1. The summed E-state index contributed by atoms with van der Waals surface area (Å²) < 4.78 is 0. The van der Waals surface area contributed by atoms with E-state index in [0.29, 0.717) is 0 Å². The van der Waals surface area contributed by atoms with Gasteiger partial charge in [-0.1, -0.05) is 24.4 Å². The van der Waals surface area contributed by atoms with E-state index in [1.165, 1.54) is 25.7 Å². The molecule has 0 saturated heterocycles. The van der Waals surface area contributed by atoms with Crippen LogP contribution in [0.15, 0.2) is 18.2 Å². The molecule has 1 aromatic carbocycles. The second-order valence-electron chi connectivity index (χ2n) is 5.38. The molecule has 2 aromatic rings. The minimum absolute atomic E-state index is 0.755. The van der Waals surface area contributed by atoms with E-state index in [1.54, 1.807) is 0 Å². The maximum atomic E-state index is 5.97. The van der Waals surface area contributed by atoms with E-state index in [2.05, 4.69) is 15.3 Å². The van der Waals surface area contributed by atoms with Crippen molar-refractivity contribution in [2.75, 3.05) is 6.54 Å². The van der Waals surface area contributed by atoms with Gasteiger partial charge in [0, 0.05) is 17.5 Å². The Hall–Kier alpha value is -1.06. The van der Waals surface area contributed by atoms with E-state index in [0.717, 1.165) is 47.3 Å². The molecule has 0 unspecified atom stereocenters. The normalized spacial score (nSPS) is 16.5. The maximum absolute atomic E-state index is 5.97. The van der Waals surface area contributed by atoms with Gasteiger partial charge in [0.1, 0.15) is 5.82 Å². The van der Waals surface area contributed by atoms with Crippen LogP contribution in [0.5, 0.6) is 0 Å². The van der Waals surface area contributed by atoms with Crippen LogP contribution in [0.2, 0.25) is 5.02 Å². The lowest BCUT2D eigenvalue weighted by Crippen LogP contribution is -2.27. The molecule has 1 aliphatic rings. The number of rotatable bonds is 5. The van der Waals surface area contributed by atoms with Crippen molar-refractivity contribution >= 4 is 22.6 Å². The highest BCUT2D eigenvalue weighted by molar-refractivity contribution is 6.31. The minimum atomic E-state index is 0.755. The maximum Gasteiger partial charge on any atom is 0.107 e. The predicted molar refractivity (Wildman–Crippen MR) is 79.7 cm³/mol. The molecule has 102 valence electrons. The quantitative estimate of drug-likeness (QED) is 0.819. The molecule has 0 amide bonds. The largest absolute Gasteiger partial charge is 0.342 e. The van der Waals surface area contributed by atoms with E-state index >= 15 is 0 Å². The summed E-state index contributed by atoms with van der Waals surface area (Å²) in [5, 5.41) is 4.39. The number of hydrogen-bond donors (Lipinski definition) is 2. The van der Waals surface area contributed by atoms with Crippen LogP contribution in [-0.4, -0.2) is 22.6 Å². The van der Waals surface area contributed by atoms with Crippen LogP contribution in [0.4, 0.5) is 0 Å². The molecule has 4 heteroatoms. The molecule has 2 N–H and O–H groups in total.